The molecule has 2 aromatic rings. The van der Waals surface area contributed by atoms with E-state index in [0.717, 1.165) is 17.0 Å². The highest BCUT2D eigenvalue weighted by atomic mass is 16.5. The highest BCUT2D eigenvalue weighted by Crippen LogP contribution is 2.31. The summed E-state index contributed by atoms with van der Waals surface area (Å²) >= 11 is 0. The van der Waals surface area contributed by atoms with Crippen LogP contribution in [0.3, 0.4) is 0 Å². The number of methoxy groups -OCH3 is 2. The van der Waals surface area contributed by atoms with Gasteiger partial charge in [0.25, 0.3) is 0 Å². The first-order valence-corrected chi connectivity index (χ1v) is 5.85. The van der Waals surface area contributed by atoms with E-state index in [1.165, 1.54) is 0 Å². The number of nitrogens with two attached hydrogens (primary N) is 1. The molecule has 0 aliphatic rings. The molecule has 0 amide bonds. The molecule has 0 radical (unpaired) electrons. The third kappa shape index (κ3) is 2.88. The average Bonchev–Trinajstić information content (AvgIpc) is 2.43. The Labute approximate surface area is 112 Å². The Hall–Kier alpha value is -2.43. The number of hydrogen-bond acceptors (Lipinski definition) is 5. The molecule has 19 heavy (non-hydrogen) atoms. The molecular weight excluding hydrogens is 242 g/mol. The lowest BCUT2D eigenvalue weighted by atomic mass is 10.2. The Bertz CT molecular complexity index is 585. The smallest absolute Gasteiger partial charge is 0.142 e. The van der Waals surface area contributed by atoms with Crippen LogP contribution in [0.1, 0.15) is 5.56 Å². The van der Waals surface area contributed by atoms with E-state index in [1.807, 2.05) is 25.1 Å². The van der Waals surface area contributed by atoms with Crippen LogP contribution in [0.2, 0.25) is 0 Å². The SMILES string of the molecule is COc1ccc(OC)c(Nc2cc(N)c(C)cn2)c1. The minimum Gasteiger partial charge on any atom is -0.497 e. The van der Waals surface area contributed by atoms with E-state index in [4.69, 9.17) is 15.2 Å². The number of nitrogens with one attached hydrogen (secondary N) is 1. The van der Waals surface area contributed by atoms with Gasteiger partial charge in [0.15, 0.2) is 0 Å². The van der Waals surface area contributed by atoms with Crippen molar-refractivity contribution in [3.05, 3.63) is 36.0 Å². The molecule has 0 saturated heterocycles. The van der Waals surface area contributed by atoms with Crippen molar-refractivity contribution in [1.29, 1.82) is 0 Å². The van der Waals surface area contributed by atoms with Gasteiger partial charge < -0.3 is 20.5 Å². The lowest BCUT2D eigenvalue weighted by Gasteiger charge is -2.12. The van der Waals surface area contributed by atoms with Crippen LogP contribution in [0.15, 0.2) is 30.5 Å². The molecule has 1 aromatic carbocycles. The van der Waals surface area contributed by atoms with Crippen molar-refractivity contribution in [2.75, 3.05) is 25.3 Å². The predicted octanol–water partition coefficient (Wildman–Crippen LogP) is 2.73. The normalized spacial score (nSPS) is 10.1. The lowest BCUT2D eigenvalue weighted by molar-refractivity contribution is 0.405. The zero-order valence-corrected chi connectivity index (χ0v) is 11.2. The zero-order chi connectivity index (χ0) is 13.8. The fraction of sp³-hybridized carbons (Fsp3) is 0.214. The summed E-state index contributed by atoms with van der Waals surface area (Å²) in [6, 6.07) is 7.30. The molecule has 0 unspecified atom stereocenters. The first kappa shape index (κ1) is 13.0. The van der Waals surface area contributed by atoms with Crippen molar-refractivity contribution < 1.29 is 9.47 Å². The first-order valence-electron chi connectivity index (χ1n) is 5.85. The summed E-state index contributed by atoms with van der Waals surface area (Å²) in [5, 5.41) is 3.17. The molecule has 5 heteroatoms. The van der Waals surface area contributed by atoms with Gasteiger partial charge in [-0.15, -0.1) is 0 Å². The number of pyridine rings is 1. The second kappa shape index (κ2) is 5.48. The van der Waals surface area contributed by atoms with Crippen LogP contribution in [-0.2, 0) is 0 Å². The topological polar surface area (TPSA) is 69.4 Å². The van der Waals surface area contributed by atoms with E-state index >= 15 is 0 Å². The summed E-state index contributed by atoms with van der Waals surface area (Å²) in [5.41, 5.74) is 8.28. The Kier molecular flexibility index (Phi) is 3.75. The number of anilines is 3. The Balaban J connectivity index is 2.33. The summed E-state index contributed by atoms with van der Waals surface area (Å²) in [7, 11) is 3.23. The van der Waals surface area contributed by atoms with E-state index in [0.29, 0.717) is 17.3 Å². The number of nitrogens with zero attached hydrogens (tertiary/aromatic N) is 1. The number of aromatic nitrogens is 1. The summed E-state index contributed by atoms with van der Waals surface area (Å²) in [5.74, 6) is 2.11. The maximum Gasteiger partial charge on any atom is 0.142 e. The molecule has 0 spiro atoms. The van der Waals surface area contributed by atoms with Gasteiger partial charge >= 0.3 is 0 Å². The van der Waals surface area contributed by atoms with Gasteiger partial charge in [0.1, 0.15) is 17.3 Å². The number of benzene rings is 1. The van der Waals surface area contributed by atoms with Crippen LogP contribution >= 0.6 is 0 Å². The highest BCUT2D eigenvalue weighted by molar-refractivity contribution is 5.68. The second-order valence-electron chi connectivity index (χ2n) is 4.12. The van der Waals surface area contributed by atoms with Crippen molar-refractivity contribution in [3.63, 3.8) is 0 Å². The largest absolute Gasteiger partial charge is 0.497 e. The van der Waals surface area contributed by atoms with Gasteiger partial charge in [-0.2, -0.15) is 0 Å². The van der Waals surface area contributed by atoms with Crippen LogP contribution in [0.25, 0.3) is 0 Å². The van der Waals surface area contributed by atoms with Crippen LogP contribution in [0.4, 0.5) is 17.2 Å². The fourth-order valence-electron chi connectivity index (χ4n) is 1.66. The molecule has 0 fully saturated rings. The van der Waals surface area contributed by atoms with Crippen LogP contribution in [0.5, 0.6) is 11.5 Å². The van der Waals surface area contributed by atoms with E-state index in [9.17, 15) is 0 Å². The standard InChI is InChI=1S/C14H17N3O2/c1-9-8-16-14(7-11(9)15)17-12-6-10(18-2)4-5-13(12)19-3/h4-8H,1-3H3,(H3,15,16,17). The number of ether oxygens (including phenoxy) is 2. The molecular formula is C14H17N3O2. The van der Waals surface area contributed by atoms with Crippen LogP contribution in [0, 0.1) is 6.92 Å². The van der Waals surface area contributed by atoms with Gasteiger partial charge in [-0.3, -0.25) is 0 Å². The van der Waals surface area contributed by atoms with E-state index in [-0.39, 0.29) is 0 Å². The molecule has 0 aliphatic heterocycles. The molecule has 3 N–H and O–H groups in total. The molecule has 1 aromatic heterocycles. The third-order valence-electron chi connectivity index (χ3n) is 2.81. The maximum atomic E-state index is 5.86. The quantitative estimate of drug-likeness (QED) is 0.883. The van der Waals surface area contributed by atoms with Crippen LogP contribution < -0.4 is 20.5 Å². The van der Waals surface area contributed by atoms with Gasteiger partial charge in [-0.05, 0) is 24.6 Å². The van der Waals surface area contributed by atoms with Crippen molar-refractivity contribution in [2.45, 2.75) is 6.92 Å². The fourth-order valence-corrected chi connectivity index (χ4v) is 1.66. The van der Waals surface area contributed by atoms with E-state index < -0.39 is 0 Å². The molecule has 1 heterocycles. The zero-order valence-electron chi connectivity index (χ0n) is 11.2. The molecule has 0 atom stereocenters. The average molecular weight is 259 g/mol. The number of nitrogen functional groups attached to an aromatic ring is 1. The van der Waals surface area contributed by atoms with Crippen molar-refractivity contribution in [3.8, 4) is 11.5 Å². The van der Waals surface area contributed by atoms with Gasteiger partial charge in [0, 0.05) is 24.0 Å². The van der Waals surface area contributed by atoms with Crippen LogP contribution in [-0.4, -0.2) is 19.2 Å². The van der Waals surface area contributed by atoms with E-state index in [1.54, 1.807) is 26.5 Å². The van der Waals surface area contributed by atoms with Gasteiger partial charge in [-0.1, -0.05) is 0 Å². The molecule has 2 rings (SSSR count). The van der Waals surface area contributed by atoms with Gasteiger partial charge in [0.2, 0.25) is 0 Å². The number of hydrogen-bond donors (Lipinski definition) is 2. The minimum atomic E-state index is 0.662. The number of rotatable bonds is 4. The number of aryl methyl sites for hydroxylation is 1. The second-order valence-corrected chi connectivity index (χ2v) is 4.12. The summed E-state index contributed by atoms with van der Waals surface area (Å²) < 4.78 is 10.5. The Morgan fingerprint density at radius 2 is 1.95 bits per heavy atom. The van der Waals surface area contributed by atoms with Gasteiger partial charge in [-0.25, -0.2) is 4.98 Å². The molecule has 100 valence electrons. The lowest BCUT2D eigenvalue weighted by Crippen LogP contribution is -1.99. The third-order valence-corrected chi connectivity index (χ3v) is 2.81. The molecule has 0 bridgehead atoms. The monoisotopic (exact) mass is 259 g/mol. The Morgan fingerprint density at radius 1 is 1.16 bits per heavy atom. The van der Waals surface area contributed by atoms with Gasteiger partial charge in [0.05, 0.1) is 19.9 Å². The summed E-state index contributed by atoms with van der Waals surface area (Å²) in [6.07, 6.45) is 1.73. The predicted molar refractivity (Wildman–Crippen MR) is 76.2 cm³/mol. The highest BCUT2D eigenvalue weighted by Gasteiger charge is 2.06. The minimum absolute atomic E-state index is 0.662. The molecule has 5 nitrogen and oxygen atoms in total. The maximum absolute atomic E-state index is 5.86. The van der Waals surface area contributed by atoms with Crippen molar-refractivity contribution in [1.82, 2.24) is 4.98 Å². The molecule has 0 aliphatic carbocycles. The summed E-state index contributed by atoms with van der Waals surface area (Å²) in [4.78, 5) is 4.28. The van der Waals surface area contributed by atoms with Crippen molar-refractivity contribution >= 4 is 17.2 Å². The Morgan fingerprint density at radius 3 is 2.58 bits per heavy atom. The van der Waals surface area contributed by atoms with Crippen molar-refractivity contribution in [2.24, 2.45) is 0 Å². The van der Waals surface area contributed by atoms with E-state index in [2.05, 4.69) is 10.3 Å². The first-order chi connectivity index (χ1) is 9.13. The summed E-state index contributed by atoms with van der Waals surface area (Å²) in [6.45, 7) is 1.91. The molecule has 0 saturated carbocycles.